The third kappa shape index (κ3) is 3.35. The van der Waals surface area contributed by atoms with E-state index in [4.69, 9.17) is 0 Å². The number of aliphatic hydroxyl groups is 1. The molecule has 5 nitrogen and oxygen atoms in total. The van der Waals surface area contributed by atoms with Gasteiger partial charge in [-0.3, -0.25) is 0 Å². The molecule has 0 saturated carbocycles. The predicted molar refractivity (Wildman–Crippen MR) is 112 cm³/mol. The number of aromatic nitrogens is 2. The minimum Gasteiger partial charge on any atom is -0.505 e. The topological polar surface area (TPSA) is 78.3 Å². The first-order valence-corrected chi connectivity index (χ1v) is 10.3. The summed E-state index contributed by atoms with van der Waals surface area (Å²) < 4.78 is 57.3. The number of nitrogens with one attached hydrogen (secondary N) is 1. The van der Waals surface area contributed by atoms with Crippen molar-refractivity contribution >= 4 is 16.6 Å². The van der Waals surface area contributed by atoms with Crippen molar-refractivity contribution in [1.29, 1.82) is 0 Å². The lowest BCUT2D eigenvalue weighted by atomic mass is 9.68. The summed E-state index contributed by atoms with van der Waals surface area (Å²) in [7, 11) is 0. The molecule has 0 fully saturated rings. The number of rotatable bonds is 3. The molecule has 0 bridgehead atoms. The highest BCUT2D eigenvalue weighted by Gasteiger charge is 2.62. The first-order chi connectivity index (χ1) is 15.0. The molecule has 4 rings (SSSR count). The van der Waals surface area contributed by atoms with Crippen LogP contribution >= 0.6 is 0 Å². The third-order valence-electron chi connectivity index (χ3n) is 6.28. The Bertz CT molecular complexity index is 1200. The number of alkyl halides is 3. The van der Waals surface area contributed by atoms with E-state index in [1.165, 1.54) is 19.2 Å². The van der Waals surface area contributed by atoms with E-state index in [1.807, 2.05) is 0 Å². The highest BCUT2D eigenvalue weighted by Crippen LogP contribution is 2.55. The zero-order chi connectivity index (χ0) is 23.4. The van der Waals surface area contributed by atoms with Crippen LogP contribution in [0.3, 0.4) is 0 Å². The Hall–Kier alpha value is -2.94. The molecule has 1 aromatic heterocycles. The van der Waals surface area contributed by atoms with Crippen molar-refractivity contribution in [3.63, 3.8) is 0 Å². The molecule has 1 aliphatic carbocycles. The molecule has 0 radical (unpaired) electrons. The zero-order valence-corrected chi connectivity index (χ0v) is 17.8. The van der Waals surface area contributed by atoms with E-state index < -0.39 is 41.7 Å². The number of hydrogen-bond donors (Lipinski definition) is 3. The molecule has 0 aliphatic heterocycles. The van der Waals surface area contributed by atoms with E-state index in [9.17, 15) is 27.8 Å². The molecular weight excluding hydrogens is 426 g/mol. The van der Waals surface area contributed by atoms with Crippen LogP contribution in [0.5, 0.6) is 5.75 Å². The minimum atomic E-state index is -4.98. The molecule has 9 heteroatoms. The summed E-state index contributed by atoms with van der Waals surface area (Å²) in [5.41, 5.74) is -2.23. The zero-order valence-electron chi connectivity index (χ0n) is 17.8. The van der Waals surface area contributed by atoms with Gasteiger partial charge < -0.3 is 15.5 Å². The number of hydrogen-bond acceptors (Lipinski definition) is 5. The Balaban J connectivity index is 1.96. The van der Waals surface area contributed by atoms with Crippen LogP contribution < -0.4 is 5.32 Å². The first kappa shape index (κ1) is 22.3. The van der Waals surface area contributed by atoms with Gasteiger partial charge in [-0.25, -0.2) is 14.4 Å². The second-order valence-electron chi connectivity index (χ2n) is 8.32. The molecule has 3 aromatic rings. The average molecular weight is 449 g/mol. The Kier molecular flexibility index (Phi) is 5.27. The van der Waals surface area contributed by atoms with Gasteiger partial charge in [-0.2, -0.15) is 13.2 Å². The van der Waals surface area contributed by atoms with Crippen LogP contribution in [0, 0.1) is 19.7 Å². The van der Waals surface area contributed by atoms with Crippen LogP contribution in [0.1, 0.15) is 54.2 Å². The van der Waals surface area contributed by atoms with E-state index in [2.05, 4.69) is 15.3 Å². The van der Waals surface area contributed by atoms with Gasteiger partial charge in [-0.1, -0.05) is 19.1 Å². The van der Waals surface area contributed by atoms with Gasteiger partial charge in [0.1, 0.15) is 5.82 Å². The summed E-state index contributed by atoms with van der Waals surface area (Å²) in [5.74, 6) is -1.90. The van der Waals surface area contributed by atoms with Crippen LogP contribution in [-0.2, 0) is 0 Å². The Morgan fingerprint density at radius 3 is 2.62 bits per heavy atom. The number of aryl methyl sites for hydroxylation is 2. The fourth-order valence-corrected chi connectivity index (χ4v) is 4.59. The number of fused-ring (bicyclic) bond motifs is 2. The maximum Gasteiger partial charge on any atom is 0.419 e. The average Bonchev–Trinajstić information content (AvgIpc) is 2.72. The quantitative estimate of drug-likeness (QED) is 0.465. The smallest absolute Gasteiger partial charge is 0.419 e. The van der Waals surface area contributed by atoms with Crippen molar-refractivity contribution in [2.24, 2.45) is 0 Å². The van der Waals surface area contributed by atoms with E-state index in [0.29, 0.717) is 16.7 Å². The Labute approximate surface area is 182 Å². The molecule has 1 heterocycles. The normalized spacial score (nSPS) is 23.2. The van der Waals surface area contributed by atoms with Crippen molar-refractivity contribution in [2.75, 3.05) is 5.32 Å². The summed E-state index contributed by atoms with van der Waals surface area (Å²) in [5, 5.41) is 24.9. The molecule has 32 heavy (non-hydrogen) atoms. The van der Waals surface area contributed by atoms with Crippen molar-refractivity contribution in [2.45, 2.75) is 57.3 Å². The van der Waals surface area contributed by atoms with E-state index in [-0.39, 0.29) is 28.8 Å². The van der Waals surface area contributed by atoms with Gasteiger partial charge in [0.2, 0.25) is 0 Å². The SMILES string of the molecule is CCC1CC(O)(C(F)(F)F)C(Nc2cccc3nc(C)ncc23)c2cc(C)c(F)c(O)c21. The fraction of sp³-hybridized carbons (Fsp3) is 0.391. The van der Waals surface area contributed by atoms with Crippen LogP contribution in [-0.4, -0.2) is 32.0 Å². The summed E-state index contributed by atoms with van der Waals surface area (Å²) in [6, 6.07) is 4.50. The molecule has 1 aliphatic rings. The third-order valence-corrected chi connectivity index (χ3v) is 6.28. The lowest BCUT2D eigenvalue weighted by Crippen LogP contribution is -2.55. The fourth-order valence-electron chi connectivity index (χ4n) is 4.59. The number of anilines is 1. The van der Waals surface area contributed by atoms with Crippen LogP contribution in [0.2, 0.25) is 0 Å². The van der Waals surface area contributed by atoms with Gasteiger partial charge in [0, 0.05) is 22.8 Å². The highest BCUT2D eigenvalue weighted by molar-refractivity contribution is 5.91. The molecule has 0 amide bonds. The molecule has 0 spiro atoms. The largest absolute Gasteiger partial charge is 0.505 e. The second kappa shape index (κ2) is 7.58. The van der Waals surface area contributed by atoms with Crippen LogP contribution in [0.15, 0.2) is 30.5 Å². The number of halogens is 4. The monoisotopic (exact) mass is 449 g/mol. The predicted octanol–water partition coefficient (Wildman–Crippen LogP) is 5.44. The van der Waals surface area contributed by atoms with Crippen LogP contribution in [0.25, 0.3) is 10.9 Å². The maximum absolute atomic E-state index is 14.5. The minimum absolute atomic E-state index is 0.00814. The second-order valence-corrected chi connectivity index (χ2v) is 8.32. The maximum atomic E-state index is 14.5. The van der Waals surface area contributed by atoms with Crippen molar-refractivity contribution in [1.82, 2.24) is 9.97 Å². The standard InChI is InChI=1S/C23H23F4N3O2/c1-4-13-9-22(32,23(25,26)27)21(14-8-11(2)19(24)20(31)18(13)14)30-17-7-5-6-16-15(17)10-28-12(3)29-16/h5-8,10,13,21,30-32H,4,9H2,1-3H3. The van der Waals surface area contributed by atoms with Crippen molar-refractivity contribution in [3.05, 3.63) is 58.8 Å². The van der Waals surface area contributed by atoms with Crippen LogP contribution in [0.4, 0.5) is 23.2 Å². The van der Waals surface area contributed by atoms with E-state index in [0.717, 1.165) is 0 Å². The molecule has 3 N–H and O–H groups in total. The number of aromatic hydroxyl groups is 1. The number of phenolic OH excluding ortho intramolecular Hbond substituents is 1. The lowest BCUT2D eigenvalue weighted by molar-refractivity contribution is -0.272. The summed E-state index contributed by atoms with van der Waals surface area (Å²) in [6.45, 7) is 4.70. The highest BCUT2D eigenvalue weighted by atomic mass is 19.4. The lowest BCUT2D eigenvalue weighted by Gasteiger charge is -2.46. The molecule has 3 atom stereocenters. The molecule has 170 valence electrons. The van der Waals surface area contributed by atoms with E-state index in [1.54, 1.807) is 32.0 Å². The number of benzene rings is 2. The summed E-state index contributed by atoms with van der Waals surface area (Å²) >= 11 is 0. The summed E-state index contributed by atoms with van der Waals surface area (Å²) in [6.07, 6.45) is -4.01. The Morgan fingerprint density at radius 2 is 1.97 bits per heavy atom. The number of phenols is 1. The van der Waals surface area contributed by atoms with Gasteiger partial charge in [0.25, 0.3) is 0 Å². The number of nitrogens with zero attached hydrogens (tertiary/aromatic N) is 2. The molecule has 0 saturated heterocycles. The van der Waals surface area contributed by atoms with Gasteiger partial charge >= 0.3 is 6.18 Å². The van der Waals surface area contributed by atoms with Gasteiger partial charge in [-0.15, -0.1) is 0 Å². The Morgan fingerprint density at radius 1 is 1.25 bits per heavy atom. The van der Waals surface area contributed by atoms with Crippen molar-refractivity contribution in [3.8, 4) is 5.75 Å². The van der Waals surface area contributed by atoms with Crippen molar-refractivity contribution < 1.29 is 27.8 Å². The first-order valence-electron chi connectivity index (χ1n) is 10.3. The van der Waals surface area contributed by atoms with Gasteiger partial charge in [-0.05, 0) is 55.9 Å². The van der Waals surface area contributed by atoms with E-state index >= 15 is 0 Å². The summed E-state index contributed by atoms with van der Waals surface area (Å²) in [4.78, 5) is 8.43. The molecule has 2 aromatic carbocycles. The van der Waals surface area contributed by atoms with Gasteiger partial charge in [0.05, 0.1) is 11.6 Å². The van der Waals surface area contributed by atoms with Gasteiger partial charge in [0.15, 0.2) is 17.2 Å². The molecular formula is C23H23F4N3O2. The molecule has 3 unspecified atom stereocenters.